The first-order valence-corrected chi connectivity index (χ1v) is 9.91. The molecule has 0 bridgehead atoms. The van der Waals surface area contributed by atoms with E-state index in [-0.39, 0.29) is 6.10 Å². The summed E-state index contributed by atoms with van der Waals surface area (Å²) < 4.78 is 11.1. The Morgan fingerprint density at radius 2 is 1.89 bits per heavy atom. The highest BCUT2D eigenvalue weighted by molar-refractivity contribution is 5.62. The molecule has 2 aliphatic heterocycles. The number of nitrogens with zero attached hydrogens (tertiary/aromatic N) is 2. The van der Waals surface area contributed by atoms with E-state index in [9.17, 15) is 4.79 Å². The van der Waals surface area contributed by atoms with Crippen molar-refractivity contribution < 1.29 is 19.4 Å². The molecular formula is C22H26N2O4. The molecule has 1 saturated heterocycles. The first kappa shape index (κ1) is 18.6. The van der Waals surface area contributed by atoms with Gasteiger partial charge in [0.05, 0.1) is 5.69 Å². The van der Waals surface area contributed by atoms with E-state index in [1.54, 1.807) is 0 Å². The van der Waals surface area contributed by atoms with Gasteiger partial charge in [0.15, 0.2) is 5.75 Å². The lowest BCUT2D eigenvalue weighted by molar-refractivity contribution is 0.0135. The number of likely N-dealkylation sites (tertiary alicyclic amines) is 1. The molecule has 1 atom stereocenters. The number of rotatable bonds is 5. The Morgan fingerprint density at radius 3 is 2.75 bits per heavy atom. The van der Waals surface area contributed by atoms with E-state index in [0.717, 1.165) is 62.6 Å². The average Bonchev–Trinajstić information content (AvgIpc) is 2.84. The van der Waals surface area contributed by atoms with Crippen LogP contribution in [0.25, 0.3) is 0 Å². The monoisotopic (exact) mass is 382 g/mol. The predicted octanol–water partition coefficient (Wildman–Crippen LogP) is 4.35. The molecule has 2 aliphatic rings. The van der Waals surface area contributed by atoms with Gasteiger partial charge in [-0.15, -0.1) is 0 Å². The van der Waals surface area contributed by atoms with Crippen LogP contribution in [-0.2, 0) is 11.3 Å². The molecular weight excluding hydrogens is 356 g/mol. The molecule has 0 unspecified atom stereocenters. The number of fused-ring (bicyclic) bond motifs is 2. The summed E-state index contributed by atoms with van der Waals surface area (Å²) in [5.41, 5.74) is 2.30. The van der Waals surface area contributed by atoms with Crippen LogP contribution in [0.2, 0.25) is 0 Å². The van der Waals surface area contributed by atoms with Gasteiger partial charge >= 0.3 is 6.16 Å². The number of hydrogen-bond acceptors (Lipinski definition) is 5. The van der Waals surface area contributed by atoms with Crippen molar-refractivity contribution in [1.82, 2.24) is 4.90 Å². The van der Waals surface area contributed by atoms with E-state index in [1.807, 2.05) is 36.4 Å². The quantitative estimate of drug-likeness (QED) is 0.776. The van der Waals surface area contributed by atoms with Crippen molar-refractivity contribution in [3.05, 3.63) is 54.1 Å². The topological polar surface area (TPSA) is 62.2 Å². The van der Waals surface area contributed by atoms with Gasteiger partial charge in [-0.2, -0.15) is 0 Å². The second-order valence-electron chi connectivity index (χ2n) is 7.40. The van der Waals surface area contributed by atoms with Crippen LogP contribution in [0.1, 0.15) is 24.8 Å². The van der Waals surface area contributed by atoms with Gasteiger partial charge in [-0.3, -0.25) is 4.90 Å². The van der Waals surface area contributed by atoms with Crippen molar-refractivity contribution in [2.45, 2.75) is 31.9 Å². The fraction of sp³-hybridized carbons (Fsp3) is 0.409. The molecule has 0 aliphatic carbocycles. The third-order valence-corrected chi connectivity index (χ3v) is 5.39. The number of carboxylic acid groups (broad SMARTS) is 1. The van der Waals surface area contributed by atoms with Crippen LogP contribution in [0.15, 0.2) is 48.5 Å². The van der Waals surface area contributed by atoms with Crippen LogP contribution in [0, 0.1) is 0 Å². The summed E-state index contributed by atoms with van der Waals surface area (Å²) in [5.74, 6) is 1.81. The van der Waals surface area contributed by atoms with Crippen molar-refractivity contribution >= 4 is 11.8 Å². The molecule has 2 heterocycles. The normalized spacial score (nSPS) is 19.1. The number of ether oxygens (including phenoxy) is 2. The summed E-state index contributed by atoms with van der Waals surface area (Å²) in [5, 5.41) is 8.84. The molecule has 1 N–H and O–H groups in total. The van der Waals surface area contributed by atoms with Crippen molar-refractivity contribution in [1.29, 1.82) is 0 Å². The Kier molecular flexibility index (Phi) is 5.67. The third-order valence-electron chi connectivity index (χ3n) is 5.39. The summed E-state index contributed by atoms with van der Waals surface area (Å²) in [6.07, 6.45) is 1.41. The van der Waals surface area contributed by atoms with Crippen LogP contribution in [-0.4, -0.2) is 48.4 Å². The zero-order valence-electron chi connectivity index (χ0n) is 15.9. The van der Waals surface area contributed by atoms with Crippen molar-refractivity contribution in [3.63, 3.8) is 0 Å². The summed E-state index contributed by atoms with van der Waals surface area (Å²) in [6.45, 7) is 4.35. The highest BCUT2D eigenvalue weighted by Crippen LogP contribution is 2.38. The third kappa shape index (κ3) is 4.39. The Hall–Kier alpha value is -2.73. The molecule has 0 amide bonds. The van der Waals surface area contributed by atoms with Gasteiger partial charge in [-0.25, -0.2) is 4.79 Å². The van der Waals surface area contributed by atoms with E-state index in [1.165, 1.54) is 5.56 Å². The number of carbonyl (C=O) groups is 1. The largest absolute Gasteiger partial charge is 0.506 e. The minimum absolute atomic E-state index is 0.203. The maximum absolute atomic E-state index is 10.8. The molecule has 2 aromatic carbocycles. The van der Waals surface area contributed by atoms with Crippen LogP contribution < -0.4 is 9.64 Å². The molecule has 0 saturated carbocycles. The first-order chi connectivity index (χ1) is 13.7. The highest BCUT2D eigenvalue weighted by atomic mass is 16.7. The summed E-state index contributed by atoms with van der Waals surface area (Å²) in [4.78, 5) is 15.5. The van der Waals surface area contributed by atoms with Gasteiger partial charge in [0.2, 0.25) is 0 Å². The molecule has 4 rings (SSSR count). The summed E-state index contributed by atoms with van der Waals surface area (Å²) in [6, 6.07) is 16.4. The molecule has 1 fully saturated rings. The average molecular weight is 382 g/mol. The Morgan fingerprint density at radius 1 is 1.11 bits per heavy atom. The van der Waals surface area contributed by atoms with Gasteiger partial charge in [-0.05, 0) is 50.6 Å². The molecule has 28 heavy (non-hydrogen) atoms. The second kappa shape index (κ2) is 8.52. The first-order valence-electron chi connectivity index (χ1n) is 9.91. The van der Waals surface area contributed by atoms with E-state index in [0.29, 0.717) is 6.54 Å². The number of benzene rings is 2. The number of para-hydroxylation sites is 3. The predicted molar refractivity (Wildman–Crippen MR) is 107 cm³/mol. The zero-order valence-corrected chi connectivity index (χ0v) is 15.9. The SMILES string of the molecule is O=C(O)O[C@@H]1CCCN(CCCN2Cc3ccccc3Oc3ccccc32)C1. The van der Waals surface area contributed by atoms with E-state index < -0.39 is 6.16 Å². The maximum Gasteiger partial charge on any atom is 0.506 e. The van der Waals surface area contributed by atoms with Gasteiger partial charge < -0.3 is 19.5 Å². The van der Waals surface area contributed by atoms with Crippen LogP contribution in [0.3, 0.4) is 0 Å². The van der Waals surface area contributed by atoms with Gasteiger partial charge in [0, 0.05) is 25.2 Å². The maximum atomic E-state index is 10.8. The lowest BCUT2D eigenvalue weighted by Crippen LogP contribution is -2.41. The van der Waals surface area contributed by atoms with Crippen molar-refractivity contribution in [2.24, 2.45) is 0 Å². The second-order valence-corrected chi connectivity index (χ2v) is 7.40. The van der Waals surface area contributed by atoms with Gasteiger partial charge in [0.1, 0.15) is 11.9 Å². The van der Waals surface area contributed by atoms with Crippen molar-refractivity contribution in [3.8, 4) is 11.5 Å². The molecule has 2 aromatic rings. The van der Waals surface area contributed by atoms with Crippen LogP contribution in [0.4, 0.5) is 10.5 Å². The number of anilines is 1. The van der Waals surface area contributed by atoms with Gasteiger partial charge in [-0.1, -0.05) is 30.3 Å². The fourth-order valence-corrected chi connectivity index (χ4v) is 4.09. The van der Waals surface area contributed by atoms with E-state index in [2.05, 4.69) is 21.9 Å². The molecule has 6 nitrogen and oxygen atoms in total. The molecule has 6 heteroatoms. The standard InChI is InChI=1S/C22H26N2O4/c25-22(26)27-18-8-5-12-23(16-18)13-6-14-24-15-17-7-1-3-10-20(17)28-21-11-4-2-9-19(21)24/h1-4,7,9-11,18H,5-6,8,12-16H2,(H,25,26)/t18-/m1/s1. The zero-order chi connectivity index (χ0) is 19.3. The van der Waals surface area contributed by atoms with Crippen LogP contribution >= 0.6 is 0 Å². The number of hydrogen-bond donors (Lipinski definition) is 1. The molecule has 0 radical (unpaired) electrons. The Bertz CT molecular complexity index is 826. The van der Waals surface area contributed by atoms with E-state index in [4.69, 9.17) is 14.6 Å². The highest BCUT2D eigenvalue weighted by Gasteiger charge is 2.24. The lowest BCUT2D eigenvalue weighted by Gasteiger charge is -2.32. The fourth-order valence-electron chi connectivity index (χ4n) is 4.09. The minimum atomic E-state index is -1.17. The molecule has 0 aromatic heterocycles. The molecule has 148 valence electrons. The molecule has 0 spiro atoms. The summed E-state index contributed by atoms with van der Waals surface area (Å²) in [7, 11) is 0. The van der Waals surface area contributed by atoms with Gasteiger partial charge in [0.25, 0.3) is 0 Å². The Labute approximate surface area is 165 Å². The Balaban J connectivity index is 1.39. The van der Waals surface area contributed by atoms with Crippen molar-refractivity contribution in [2.75, 3.05) is 31.1 Å². The minimum Gasteiger partial charge on any atom is -0.455 e. The van der Waals surface area contributed by atoms with Crippen LogP contribution in [0.5, 0.6) is 11.5 Å². The lowest BCUT2D eigenvalue weighted by atomic mass is 10.1. The summed E-state index contributed by atoms with van der Waals surface area (Å²) >= 11 is 0. The number of piperidine rings is 1. The van der Waals surface area contributed by atoms with E-state index >= 15 is 0 Å². The smallest absolute Gasteiger partial charge is 0.455 e.